The van der Waals surface area contributed by atoms with Crippen LogP contribution in [0.1, 0.15) is 23.3 Å². The molecule has 1 aromatic heterocycles. The molecule has 122 valence electrons. The molecule has 0 saturated carbocycles. The van der Waals surface area contributed by atoms with Crippen molar-refractivity contribution in [1.82, 2.24) is 10.5 Å². The predicted molar refractivity (Wildman–Crippen MR) is 86.1 cm³/mol. The van der Waals surface area contributed by atoms with Crippen LogP contribution in [0.5, 0.6) is 0 Å². The topological polar surface area (TPSA) is 89.3 Å². The van der Waals surface area contributed by atoms with E-state index in [1.165, 1.54) is 6.07 Å². The maximum atomic E-state index is 12.2. The fraction of sp³-hybridized carbons (Fsp3) is 0.333. The number of halogens is 1. The Morgan fingerprint density at radius 3 is 2.87 bits per heavy atom. The van der Waals surface area contributed by atoms with Gasteiger partial charge in [-0.1, -0.05) is 28.9 Å². The van der Waals surface area contributed by atoms with E-state index in [1.54, 1.807) is 24.3 Å². The Hall–Kier alpha value is -1.86. The van der Waals surface area contributed by atoms with Gasteiger partial charge in [-0.3, -0.25) is 4.79 Å². The van der Waals surface area contributed by atoms with Gasteiger partial charge in [-0.25, -0.2) is 8.42 Å². The van der Waals surface area contributed by atoms with E-state index in [1.807, 2.05) is 0 Å². The van der Waals surface area contributed by atoms with Crippen LogP contribution in [0.2, 0.25) is 5.02 Å². The summed E-state index contributed by atoms with van der Waals surface area (Å²) in [5, 5.41) is 6.93. The van der Waals surface area contributed by atoms with E-state index in [9.17, 15) is 13.2 Å². The molecule has 8 heteroatoms. The lowest BCUT2D eigenvalue weighted by Crippen LogP contribution is -2.43. The van der Waals surface area contributed by atoms with E-state index in [-0.39, 0.29) is 23.2 Å². The van der Waals surface area contributed by atoms with Crippen molar-refractivity contribution in [2.45, 2.75) is 18.9 Å². The number of nitrogens with one attached hydrogen (secondary N) is 1. The Morgan fingerprint density at radius 2 is 2.13 bits per heavy atom. The third kappa shape index (κ3) is 3.73. The summed E-state index contributed by atoms with van der Waals surface area (Å²) in [5.74, 6) is 0.0830. The summed E-state index contributed by atoms with van der Waals surface area (Å²) >= 11 is 6.08. The van der Waals surface area contributed by atoms with E-state index in [0.29, 0.717) is 29.2 Å². The van der Waals surface area contributed by atoms with Gasteiger partial charge < -0.3 is 9.84 Å². The Kier molecular flexibility index (Phi) is 4.41. The number of hydrogen-bond acceptors (Lipinski definition) is 5. The first-order valence-corrected chi connectivity index (χ1v) is 9.37. The fourth-order valence-corrected chi connectivity index (χ4v) is 4.43. The van der Waals surface area contributed by atoms with Crippen LogP contribution in [0.15, 0.2) is 34.9 Å². The van der Waals surface area contributed by atoms with Crippen LogP contribution < -0.4 is 5.32 Å². The molecule has 0 aliphatic carbocycles. The van der Waals surface area contributed by atoms with Crippen molar-refractivity contribution in [1.29, 1.82) is 0 Å². The first-order chi connectivity index (χ1) is 10.9. The summed E-state index contributed by atoms with van der Waals surface area (Å²) in [4.78, 5) is 12.2. The van der Waals surface area contributed by atoms with E-state index in [4.69, 9.17) is 16.1 Å². The Labute approximate surface area is 138 Å². The predicted octanol–water partition coefficient (Wildman–Crippen LogP) is 2.30. The number of hydrogen-bond donors (Lipinski definition) is 1. The lowest BCUT2D eigenvalue weighted by molar-refractivity contribution is 0.0929. The standard InChI is InChI=1S/C15H15ClN2O4S/c16-12-6-2-1-5-11(12)14-8-13(18-22-14)15(19)17-10-4-3-7-23(20,21)9-10/h1-2,5-6,8,10H,3-4,7,9H2,(H,17,19). The van der Waals surface area contributed by atoms with Gasteiger partial charge in [0.15, 0.2) is 21.3 Å². The molecule has 1 N–H and O–H groups in total. The van der Waals surface area contributed by atoms with E-state index >= 15 is 0 Å². The average Bonchev–Trinajstić information content (AvgIpc) is 2.96. The van der Waals surface area contributed by atoms with Crippen molar-refractivity contribution in [3.05, 3.63) is 41.0 Å². The zero-order chi connectivity index (χ0) is 16.4. The highest BCUT2D eigenvalue weighted by atomic mass is 35.5. The molecule has 1 fully saturated rings. The highest BCUT2D eigenvalue weighted by Crippen LogP contribution is 2.28. The second-order valence-electron chi connectivity index (χ2n) is 5.48. The number of carbonyl (C=O) groups is 1. The third-order valence-electron chi connectivity index (χ3n) is 3.68. The van der Waals surface area contributed by atoms with Crippen molar-refractivity contribution in [2.75, 3.05) is 11.5 Å². The molecule has 1 aliphatic heterocycles. The quantitative estimate of drug-likeness (QED) is 0.913. The smallest absolute Gasteiger partial charge is 0.273 e. The van der Waals surface area contributed by atoms with Crippen molar-refractivity contribution in [3.63, 3.8) is 0 Å². The number of amides is 1. The summed E-state index contributed by atoms with van der Waals surface area (Å²) in [7, 11) is -3.08. The molecule has 1 unspecified atom stereocenters. The van der Waals surface area contributed by atoms with Gasteiger partial charge in [-0.05, 0) is 25.0 Å². The zero-order valence-electron chi connectivity index (χ0n) is 12.2. The minimum Gasteiger partial charge on any atom is -0.355 e. The molecule has 1 aromatic carbocycles. The molecule has 1 saturated heterocycles. The summed E-state index contributed by atoms with van der Waals surface area (Å²) < 4.78 is 28.4. The molecule has 1 amide bonds. The molecule has 23 heavy (non-hydrogen) atoms. The molecule has 0 radical (unpaired) electrons. The minimum atomic E-state index is -3.08. The van der Waals surface area contributed by atoms with E-state index in [0.717, 1.165) is 0 Å². The minimum absolute atomic E-state index is 0.0338. The second-order valence-corrected chi connectivity index (χ2v) is 8.12. The lowest BCUT2D eigenvalue weighted by Gasteiger charge is -2.22. The van der Waals surface area contributed by atoms with Crippen molar-refractivity contribution >= 4 is 27.3 Å². The summed E-state index contributed by atoms with van der Waals surface area (Å²) in [6, 6.07) is 8.18. The number of rotatable bonds is 3. The second kappa shape index (κ2) is 6.33. The molecular weight excluding hydrogens is 340 g/mol. The number of aromatic nitrogens is 1. The Bertz CT molecular complexity index is 832. The SMILES string of the molecule is O=C(NC1CCCS(=O)(=O)C1)c1cc(-c2ccccc2Cl)on1. The summed E-state index contributed by atoms with van der Waals surface area (Å²) in [6.07, 6.45) is 1.19. The molecule has 2 heterocycles. The van der Waals surface area contributed by atoms with Gasteiger partial charge in [-0.15, -0.1) is 0 Å². The van der Waals surface area contributed by atoms with Gasteiger partial charge in [0.2, 0.25) is 0 Å². The van der Waals surface area contributed by atoms with Gasteiger partial charge in [0.25, 0.3) is 5.91 Å². The van der Waals surface area contributed by atoms with Crippen LogP contribution in [0.25, 0.3) is 11.3 Å². The van der Waals surface area contributed by atoms with E-state index in [2.05, 4.69) is 10.5 Å². The lowest BCUT2D eigenvalue weighted by atomic mass is 10.1. The van der Waals surface area contributed by atoms with Gasteiger partial charge >= 0.3 is 0 Å². The number of nitrogens with zero attached hydrogens (tertiary/aromatic N) is 1. The maximum absolute atomic E-state index is 12.2. The Morgan fingerprint density at radius 1 is 1.35 bits per heavy atom. The van der Waals surface area contributed by atoms with Crippen LogP contribution in [0.4, 0.5) is 0 Å². The van der Waals surface area contributed by atoms with Crippen molar-refractivity contribution < 1.29 is 17.7 Å². The molecule has 6 nitrogen and oxygen atoms in total. The largest absolute Gasteiger partial charge is 0.355 e. The number of sulfone groups is 1. The average molecular weight is 355 g/mol. The molecule has 2 aromatic rings. The van der Waals surface area contributed by atoms with Crippen LogP contribution in [0.3, 0.4) is 0 Å². The van der Waals surface area contributed by atoms with Crippen LogP contribution in [-0.2, 0) is 9.84 Å². The maximum Gasteiger partial charge on any atom is 0.273 e. The molecular formula is C15H15ClN2O4S. The van der Waals surface area contributed by atoms with Gasteiger partial charge in [-0.2, -0.15) is 0 Å². The highest BCUT2D eigenvalue weighted by molar-refractivity contribution is 7.91. The zero-order valence-corrected chi connectivity index (χ0v) is 13.7. The summed E-state index contributed by atoms with van der Waals surface area (Å²) in [6.45, 7) is 0. The normalized spacial score (nSPS) is 20.1. The first kappa shape index (κ1) is 16.0. The van der Waals surface area contributed by atoms with Gasteiger partial charge in [0, 0.05) is 17.7 Å². The summed E-state index contributed by atoms with van der Waals surface area (Å²) in [5.41, 5.74) is 0.740. The van der Waals surface area contributed by atoms with E-state index < -0.39 is 15.7 Å². The monoisotopic (exact) mass is 354 g/mol. The molecule has 1 atom stereocenters. The van der Waals surface area contributed by atoms with Crippen LogP contribution >= 0.6 is 11.6 Å². The molecule has 0 bridgehead atoms. The number of carbonyl (C=O) groups excluding carboxylic acids is 1. The molecule has 1 aliphatic rings. The van der Waals surface area contributed by atoms with Gasteiger partial charge in [0.05, 0.1) is 16.5 Å². The third-order valence-corrected chi connectivity index (χ3v) is 5.83. The number of benzene rings is 1. The first-order valence-electron chi connectivity index (χ1n) is 7.17. The van der Waals surface area contributed by atoms with Crippen LogP contribution in [-0.4, -0.2) is 37.0 Å². The molecule has 0 spiro atoms. The fourth-order valence-electron chi connectivity index (χ4n) is 2.57. The van der Waals surface area contributed by atoms with Crippen LogP contribution in [0, 0.1) is 0 Å². The highest BCUT2D eigenvalue weighted by Gasteiger charge is 2.27. The Balaban J connectivity index is 1.73. The van der Waals surface area contributed by atoms with Crippen molar-refractivity contribution in [2.24, 2.45) is 0 Å². The van der Waals surface area contributed by atoms with Crippen molar-refractivity contribution in [3.8, 4) is 11.3 Å². The van der Waals surface area contributed by atoms with Gasteiger partial charge in [0.1, 0.15) is 0 Å². The molecule has 3 rings (SSSR count).